The molecule has 0 aromatic carbocycles. The smallest absolute Gasteiger partial charge is 0.300 e. The Morgan fingerprint density at radius 1 is 1.12 bits per heavy atom. The van der Waals surface area contributed by atoms with E-state index in [4.69, 9.17) is 0 Å². The molecule has 4 rings (SSSR count). The molecule has 0 unspecified atom stereocenters. The number of hydrogen-bond acceptors (Lipinski definition) is 4. The third-order valence-corrected chi connectivity index (χ3v) is 8.32. The Balaban J connectivity index is 1.35. The Bertz CT molecular complexity index is 774. The molecule has 0 atom stereocenters. The fraction of sp³-hybridized carbons (Fsp3) is 0.722. The van der Waals surface area contributed by atoms with E-state index in [-0.39, 0.29) is 11.3 Å². The molecule has 3 fully saturated rings. The van der Waals surface area contributed by atoms with Crippen LogP contribution in [0.4, 0.5) is 13.2 Å². The topological polar surface area (TPSA) is 50.3 Å². The van der Waals surface area contributed by atoms with Crippen LogP contribution in [0.1, 0.15) is 49.4 Å². The molecule has 1 aliphatic carbocycles. The molecule has 8 heteroatoms. The molecular formula is C18H23F3N2O2S. The van der Waals surface area contributed by atoms with Crippen LogP contribution < -0.4 is 0 Å². The summed E-state index contributed by atoms with van der Waals surface area (Å²) in [6.45, 7) is 1.79. The summed E-state index contributed by atoms with van der Waals surface area (Å²) in [4.78, 5) is 6.25. The summed E-state index contributed by atoms with van der Waals surface area (Å²) in [7, 11) is -2.82. The van der Waals surface area contributed by atoms with Crippen LogP contribution in [0.25, 0.3) is 0 Å². The number of likely N-dealkylation sites (tertiary alicyclic amines) is 1. The van der Waals surface area contributed by atoms with Crippen molar-refractivity contribution in [3.8, 4) is 0 Å². The van der Waals surface area contributed by atoms with E-state index in [2.05, 4.69) is 9.88 Å². The lowest BCUT2D eigenvalue weighted by atomic mass is 9.83. The van der Waals surface area contributed by atoms with Gasteiger partial charge in [0.2, 0.25) is 0 Å². The molecular weight excluding hydrogens is 365 g/mol. The zero-order valence-electron chi connectivity index (χ0n) is 14.5. The van der Waals surface area contributed by atoms with Crippen LogP contribution in [0.5, 0.6) is 0 Å². The standard InChI is InChI=1S/C18H23F3N2O2S/c19-18(20,21)16-3-1-2-15(22-16)13-4-6-14(7-5-13)23-9-8-17(10-23)11-26(24,25)12-17/h1-3,13-14H,4-12H2/t13-,14+. The lowest BCUT2D eigenvalue weighted by Gasteiger charge is -2.40. The molecule has 3 heterocycles. The molecule has 0 radical (unpaired) electrons. The number of halogens is 3. The maximum absolute atomic E-state index is 12.9. The van der Waals surface area contributed by atoms with Crippen molar-refractivity contribution in [2.24, 2.45) is 5.41 Å². The average Bonchev–Trinajstić information content (AvgIpc) is 2.98. The zero-order valence-corrected chi connectivity index (χ0v) is 15.3. The van der Waals surface area contributed by atoms with Gasteiger partial charge in [0.15, 0.2) is 9.84 Å². The number of nitrogens with zero attached hydrogens (tertiary/aromatic N) is 2. The predicted octanol–water partition coefficient (Wildman–Crippen LogP) is 3.25. The zero-order chi connectivity index (χ0) is 18.6. The molecule has 26 heavy (non-hydrogen) atoms. The molecule has 4 nitrogen and oxygen atoms in total. The van der Waals surface area contributed by atoms with Gasteiger partial charge in [-0.05, 0) is 50.8 Å². The largest absolute Gasteiger partial charge is 0.433 e. The highest BCUT2D eigenvalue weighted by atomic mass is 32.2. The monoisotopic (exact) mass is 388 g/mol. The SMILES string of the molecule is O=S1(=O)CC2(CCN([C@H]3CC[C@@H](c4cccc(C(F)(F)F)n4)CC3)C2)C1. The van der Waals surface area contributed by atoms with Crippen LogP contribution in [0.2, 0.25) is 0 Å². The molecule has 0 bridgehead atoms. The molecule has 0 N–H and O–H groups in total. The number of rotatable bonds is 2. The molecule has 1 aromatic heterocycles. The third-order valence-electron chi connectivity index (χ3n) is 6.21. The van der Waals surface area contributed by atoms with Gasteiger partial charge < -0.3 is 0 Å². The van der Waals surface area contributed by atoms with E-state index < -0.39 is 21.7 Å². The molecule has 0 amide bonds. The van der Waals surface area contributed by atoms with E-state index >= 15 is 0 Å². The Hall–Kier alpha value is -1.15. The van der Waals surface area contributed by atoms with Crippen molar-refractivity contribution in [1.82, 2.24) is 9.88 Å². The van der Waals surface area contributed by atoms with E-state index in [9.17, 15) is 21.6 Å². The van der Waals surface area contributed by atoms with Gasteiger partial charge in [-0.2, -0.15) is 13.2 Å². The Morgan fingerprint density at radius 3 is 2.42 bits per heavy atom. The second kappa shape index (κ2) is 6.19. The lowest BCUT2D eigenvalue weighted by Crippen LogP contribution is -2.51. The highest BCUT2D eigenvalue weighted by molar-refractivity contribution is 7.92. The van der Waals surface area contributed by atoms with Gasteiger partial charge in [0.05, 0.1) is 11.5 Å². The second-order valence-electron chi connectivity index (χ2n) is 8.20. The van der Waals surface area contributed by atoms with Crippen LogP contribution in [0, 0.1) is 5.41 Å². The minimum Gasteiger partial charge on any atom is -0.300 e. The normalized spacial score (nSPS) is 31.0. The van der Waals surface area contributed by atoms with Crippen molar-refractivity contribution >= 4 is 9.84 Å². The Kier molecular flexibility index (Phi) is 4.34. The Labute approximate surface area is 151 Å². The summed E-state index contributed by atoms with van der Waals surface area (Å²) in [5, 5.41) is 0. The molecule has 1 aromatic rings. The van der Waals surface area contributed by atoms with E-state index in [0.29, 0.717) is 23.2 Å². The summed E-state index contributed by atoms with van der Waals surface area (Å²) < 4.78 is 61.6. The predicted molar refractivity (Wildman–Crippen MR) is 91.5 cm³/mol. The van der Waals surface area contributed by atoms with Crippen molar-refractivity contribution < 1.29 is 21.6 Å². The van der Waals surface area contributed by atoms with Crippen LogP contribution in [0.15, 0.2) is 18.2 Å². The van der Waals surface area contributed by atoms with Crippen LogP contribution >= 0.6 is 0 Å². The third kappa shape index (κ3) is 3.50. The van der Waals surface area contributed by atoms with Crippen LogP contribution in [0.3, 0.4) is 0 Å². The summed E-state index contributed by atoms with van der Waals surface area (Å²) in [5.41, 5.74) is -0.302. The first-order chi connectivity index (χ1) is 12.2. The second-order valence-corrected chi connectivity index (χ2v) is 10.3. The first-order valence-corrected chi connectivity index (χ1v) is 11.0. The highest BCUT2D eigenvalue weighted by Gasteiger charge is 2.53. The van der Waals surface area contributed by atoms with Crippen molar-refractivity contribution in [2.75, 3.05) is 24.6 Å². The Morgan fingerprint density at radius 2 is 1.81 bits per heavy atom. The van der Waals surface area contributed by atoms with E-state index in [1.165, 1.54) is 6.07 Å². The molecule has 144 valence electrons. The number of aromatic nitrogens is 1. The molecule has 2 aliphatic heterocycles. The van der Waals surface area contributed by atoms with Gasteiger partial charge in [-0.25, -0.2) is 13.4 Å². The van der Waals surface area contributed by atoms with Gasteiger partial charge in [-0.3, -0.25) is 4.90 Å². The van der Waals surface area contributed by atoms with Crippen molar-refractivity contribution in [1.29, 1.82) is 0 Å². The van der Waals surface area contributed by atoms with E-state index in [1.807, 2.05) is 0 Å². The fourth-order valence-electron chi connectivity index (χ4n) is 4.98. The fourth-order valence-corrected chi connectivity index (χ4v) is 7.23. The number of alkyl halides is 3. The van der Waals surface area contributed by atoms with Crippen LogP contribution in [-0.2, 0) is 16.0 Å². The van der Waals surface area contributed by atoms with E-state index in [0.717, 1.165) is 51.3 Å². The summed E-state index contributed by atoms with van der Waals surface area (Å²) in [6, 6.07) is 4.58. The van der Waals surface area contributed by atoms with Gasteiger partial charge in [-0.15, -0.1) is 0 Å². The van der Waals surface area contributed by atoms with Crippen LogP contribution in [-0.4, -0.2) is 48.9 Å². The quantitative estimate of drug-likeness (QED) is 0.781. The highest BCUT2D eigenvalue weighted by Crippen LogP contribution is 2.44. The van der Waals surface area contributed by atoms with Crippen molar-refractivity contribution in [2.45, 2.75) is 50.2 Å². The minimum atomic E-state index is -4.40. The molecule has 1 spiro atoms. The summed E-state index contributed by atoms with van der Waals surface area (Å²) in [5.74, 6) is 0.717. The molecule has 2 saturated heterocycles. The van der Waals surface area contributed by atoms with Gasteiger partial charge in [0.25, 0.3) is 0 Å². The maximum atomic E-state index is 12.9. The van der Waals surface area contributed by atoms with Crippen molar-refractivity contribution in [3.63, 3.8) is 0 Å². The summed E-state index contributed by atoms with van der Waals surface area (Å²) >= 11 is 0. The number of sulfone groups is 1. The minimum absolute atomic E-state index is 0.0295. The molecule has 1 saturated carbocycles. The average molecular weight is 388 g/mol. The van der Waals surface area contributed by atoms with Gasteiger partial charge in [0, 0.05) is 29.6 Å². The number of hydrogen-bond donors (Lipinski definition) is 0. The van der Waals surface area contributed by atoms with Crippen molar-refractivity contribution in [3.05, 3.63) is 29.6 Å². The first kappa shape index (κ1) is 18.2. The molecule has 3 aliphatic rings. The summed E-state index contributed by atoms with van der Waals surface area (Å²) in [6.07, 6.45) is 0.0833. The first-order valence-electron chi connectivity index (χ1n) is 9.15. The van der Waals surface area contributed by atoms with Gasteiger partial charge >= 0.3 is 6.18 Å². The van der Waals surface area contributed by atoms with E-state index in [1.54, 1.807) is 6.07 Å². The maximum Gasteiger partial charge on any atom is 0.433 e. The van der Waals surface area contributed by atoms with Gasteiger partial charge in [0.1, 0.15) is 5.69 Å². The van der Waals surface area contributed by atoms with Gasteiger partial charge in [-0.1, -0.05) is 6.07 Å². The number of pyridine rings is 1. The lowest BCUT2D eigenvalue weighted by molar-refractivity contribution is -0.141.